The van der Waals surface area contributed by atoms with Gasteiger partial charge in [-0.15, -0.1) is 0 Å². The molecule has 1 aromatic carbocycles. The Morgan fingerprint density at radius 3 is 2.67 bits per heavy atom. The van der Waals surface area contributed by atoms with Gasteiger partial charge in [0.05, 0.1) is 6.26 Å². The van der Waals surface area contributed by atoms with Crippen LogP contribution in [-0.2, 0) is 0 Å². The van der Waals surface area contributed by atoms with Crippen LogP contribution in [0.2, 0.25) is 0 Å². The molecule has 0 aliphatic rings. The van der Waals surface area contributed by atoms with Gasteiger partial charge in [-0.2, -0.15) is 4.98 Å². The Morgan fingerprint density at radius 1 is 1.06 bits per heavy atom. The van der Waals surface area contributed by atoms with Crippen LogP contribution in [0.1, 0.15) is 0 Å². The van der Waals surface area contributed by atoms with Gasteiger partial charge in [0.25, 0.3) is 5.89 Å². The van der Waals surface area contributed by atoms with E-state index in [9.17, 15) is 10.2 Å². The Bertz CT molecular complexity index is 673. The second-order valence-electron chi connectivity index (χ2n) is 3.60. The van der Waals surface area contributed by atoms with Crippen LogP contribution in [0.15, 0.2) is 45.5 Å². The summed E-state index contributed by atoms with van der Waals surface area (Å²) >= 11 is 0. The minimum Gasteiger partial charge on any atom is -0.504 e. The molecule has 2 heterocycles. The van der Waals surface area contributed by atoms with E-state index in [0.717, 1.165) is 0 Å². The average Bonchev–Trinajstić information content (AvgIpc) is 3.01. The molecule has 0 aliphatic heterocycles. The summed E-state index contributed by atoms with van der Waals surface area (Å²) in [7, 11) is 0. The molecule has 0 fully saturated rings. The number of hydrogen-bond acceptors (Lipinski definition) is 6. The number of rotatable bonds is 2. The summed E-state index contributed by atoms with van der Waals surface area (Å²) in [6.07, 6.45) is 1.51. The van der Waals surface area contributed by atoms with E-state index in [-0.39, 0.29) is 17.4 Å². The number of phenols is 2. The van der Waals surface area contributed by atoms with Crippen molar-refractivity contribution in [1.29, 1.82) is 0 Å². The molecule has 2 aromatic heterocycles. The van der Waals surface area contributed by atoms with Crippen molar-refractivity contribution in [3.05, 3.63) is 36.6 Å². The number of nitrogens with zero attached hydrogens (tertiary/aromatic N) is 2. The summed E-state index contributed by atoms with van der Waals surface area (Å²) in [5.41, 5.74) is 0.510. The molecule has 6 nitrogen and oxygen atoms in total. The maximum absolute atomic E-state index is 9.39. The van der Waals surface area contributed by atoms with Crippen LogP contribution in [0.25, 0.3) is 23.0 Å². The normalized spacial score (nSPS) is 10.7. The van der Waals surface area contributed by atoms with E-state index in [1.165, 1.54) is 18.4 Å². The summed E-state index contributed by atoms with van der Waals surface area (Å²) in [5, 5.41) is 22.4. The Hall–Kier alpha value is -2.76. The van der Waals surface area contributed by atoms with E-state index in [4.69, 9.17) is 8.94 Å². The lowest BCUT2D eigenvalue weighted by atomic mass is 10.2. The zero-order valence-corrected chi connectivity index (χ0v) is 9.07. The van der Waals surface area contributed by atoms with Gasteiger partial charge < -0.3 is 19.2 Å². The summed E-state index contributed by atoms with van der Waals surface area (Å²) in [4.78, 5) is 4.13. The van der Waals surface area contributed by atoms with Crippen LogP contribution in [0.3, 0.4) is 0 Å². The largest absolute Gasteiger partial charge is 0.504 e. The molecular formula is C12H8N2O4. The van der Waals surface area contributed by atoms with Crippen molar-refractivity contribution in [2.45, 2.75) is 0 Å². The highest BCUT2D eigenvalue weighted by atomic mass is 16.5. The minimum atomic E-state index is -0.245. The fourth-order valence-corrected chi connectivity index (χ4v) is 1.50. The van der Waals surface area contributed by atoms with E-state index in [1.807, 2.05) is 0 Å². The predicted molar refractivity (Wildman–Crippen MR) is 60.8 cm³/mol. The van der Waals surface area contributed by atoms with Crippen LogP contribution in [-0.4, -0.2) is 20.4 Å². The third-order valence-corrected chi connectivity index (χ3v) is 2.39. The second kappa shape index (κ2) is 3.92. The van der Waals surface area contributed by atoms with Crippen molar-refractivity contribution in [3.8, 4) is 34.5 Å². The molecule has 0 aliphatic carbocycles. The van der Waals surface area contributed by atoms with Gasteiger partial charge in [-0.3, -0.25) is 0 Å². The molecule has 3 rings (SSSR count). The summed E-state index contributed by atoms with van der Waals surface area (Å²) in [6, 6.07) is 7.69. The zero-order valence-electron chi connectivity index (χ0n) is 9.07. The monoisotopic (exact) mass is 244 g/mol. The van der Waals surface area contributed by atoms with Crippen molar-refractivity contribution in [3.63, 3.8) is 0 Å². The van der Waals surface area contributed by atoms with Gasteiger partial charge >= 0.3 is 0 Å². The van der Waals surface area contributed by atoms with E-state index in [1.54, 1.807) is 18.2 Å². The van der Waals surface area contributed by atoms with Crippen LogP contribution >= 0.6 is 0 Å². The SMILES string of the molecule is Oc1ccc(-c2nc(-c3ccco3)no2)cc1O. The second-order valence-corrected chi connectivity index (χ2v) is 3.60. The Morgan fingerprint density at radius 2 is 1.94 bits per heavy atom. The van der Waals surface area contributed by atoms with Gasteiger partial charge in [0.2, 0.25) is 5.82 Å². The molecule has 0 atom stereocenters. The average molecular weight is 244 g/mol. The zero-order chi connectivity index (χ0) is 12.5. The fraction of sp³-hybridized carbons (Fsp3) is 0. The highest BCUT2D eigenvalue weighted by Crippen LogP contribution is 2.30. The first-order valence-electron chi connectivity index (χ1n) is 5.14. The van der Waals surface area contributed by atoms with Gasteiger partial charge in [-0.25, -0.2) is 0 Å². The summed E-state index contributed by atoms with van der Waals surface area (Å²) in [6.45, 7) is 0. The van der Waals surface area contributed by atoms with Gasteiger partial charge in [-0.1, -0.05) is 5.16 Å². The first-order valence-corrected chi connectivity index (χ1v) is 5.14. The molecule has 18 heavy (non-hydrogen) atoms. The molecule has 0 bridgehead atoms. The number of aromatic nitrogens is 2. The summed E-state index contributed by atoms with van der Waals surface area (Å²) in [5.74, 6) is 0.599. The van der Waals surface area contributed by atoms with Crippen LogP contribution < -0.4 is 0 Å². The quantitative estimate of drug-likeness (QED) is 0.672. The molecule has 0 amide bonds. The van der Waals surface area contributed by atoms with Gasteiger partial charge in [0.15, 0.2) is 17.3 Å². The Labute approximate surface area is 101 Å². The standard InChI is InChI=1S/C12H8N2O4/c15-8-4-3-7(6-9(8)16)12-13-11(14-18-12)10-2-1-5-17-10/h1-6,15-16H. The van der Waals surface area contributed by atoms with Gasteiger partial charge in [0.1, 0.15) is 0 Å². The van der Waals surface area contributed by atoms with E-state index < -0.39 is 0 Å². The third-order valence-electron chi connectivity index (χ3n) is 2.39. The molecule has 2 N–H and O–H groups in total. The summed E-state index contributed by atoms with van der Waals surface area (Å²) < 4.78 is 10.2. The Kier molecular flexibility index (Phi) is 2.26. The van der Waals surface area contributed by atoms with Gasteiger partial charge in [-0.05, 0) is 30.3 Å². The highest BCUT2D eigenvalue weighted by Gasteiger charge is 2.13. The lowest BCUT2D eigenvalue weighted by molar-refractivity contribution is 0.402. The molecule has 0 saturated carbocycles. The number of hydrogen-bond donors (Lipinski definition) is 2. The van der Waals surface area contributed by atoms with Crippen LogP contribution in [0, 0.1) is 0 Å². The van der Waals surface area contributed by atoms with Crippen molar-refractivity contribution >= 4 is 0 Å². The first-order chi connectivity index (χ1) is 8.74. The maximum Gasteiger partial charge on any atom is 0.258 e. The lowest BCUT2D eigenvalue weighted by Gasteiger charge is -1.98. The molecular weight excluding hydrogens is 236 g/mol. The highest BCUT2D eigenvalue weighted by molar-refractivity contribution is 5.60. The molecule has 0 saturated heterocycles. The Balaban J connectivity index is 2.00. The molecule has 6 heteroatoms. The lowest BCUT2D eigenvalue weighted by Crippen LogP contribution is -1.79. The van der Waals surface area contributed by atoms with E-state index in [0.29, 0.717) is 17.1 Å². The van der Waals surface area contributed by atoms with Crippen molar-refractivity contribution < 1.29 is 19.2 Å². The molecule has 0 radical (unpaired) electrons. The number of phenolic OH excluding ortho intramolecular Hbond substituents is 2. The fourth-order valence-electron chi connectivity index (χ4n) is 1.50. The smallest absolute Gasteiger partial charge is 0.258 e. The molecule has 3 aromatic rings. The minimum absolute atomic E-state index is 0.204. The number of aromatic hydroxyl groups is 2. The predicted octanol–water partition coefficient (Wildman–Crippen LogP) is 2.41. The number of benzene rings is 1. The molecule has 0 spiro atoms. The van der Waals surface area contributed by atoms with Crippen molar-refractivity contribution in [2.24, 2.45) is 0 Å². The van der Waals surface area contributed by atoms with Crippen LogP contribution in [0.5, 0.6) is 11.5 Å². The molecule has 0 unspecified atom stereocenters. The van der Waals surface area contributed by atoms with Crippen molar-refractivity contribution in [2.75, 3.05) is 0 Å². The topological polar surface area (TPSA) is 92.5 Å². The maximum atomic E-state index is 9.39. The van der Waals surface area contributed by atoms with Crippen molar-refractivity contribution in [1.82, 2.24) is 10.1 Å². The molecule has 90 valence electrons. The first kappa shape index (κ1) is 10.4. The van der Waals surface area contributed by atoms with E-state index >= 15 is 0 Å². The van der Waals surface area contributed by atoms with E-state index in [2.05, 4.69) is 10.1 Å². The van der Waals surface area contributed by atoms with Gasteiger partial charge in [0, 0.05) is 5.56 Å². The number of furan rings is 1. The van der Waals surface area contributed by atoms with Crippen LogP contribution in [0.4, 0.5) is 0 Å². The third kappa shape index (κ3) is 1.69.